The standard InChI is InChI=1S/C44H56O17Si/c1-42(2,3)39(48)30-9-15-33(16-10-30)53-21-24-56-36(45)27-59-62(8,60-28-37(46)57-25-22-54-34-17-11-31(12-18-34)40(49)43(4,5)51)61-29-38(47)58-26-23-55-35-19-13-32(14-20-35)41(50)44(6,7)52/h9-20,51-52H,21-29H2,1-8H3. The molecule has 0 saturated heterocycles. The zero-order chi connectivity index (χ0) is 46.1. The van der Waals surface area contributed by atoms with Crippen LogP contribution in [0.4, 0.5) is 0 Å². The Hall–Kier alpha value is -5.50. The minimum absolute atomic E-state index is 0.00873. The predicted molar refractivity (Wildman–Crippen MR) is 223 cm³/mol. The molecule has 3 aromatic carbocycles. The number of carbonyl (C=O) groups excluding carboxylic acids is 6. The van der Waals surface area contributed by atoms with Gasteiger partial charge < -0.3 is 51.9 Å². The Morgan fingerprint density at radius 2 is 0.694 bits per heavy atom. The van der Waals surface area contributed by atoms with Gasteiger partial charge in [-0.3, -0.25) is 14.4 Å². The van der Waals surface area contributed by atoms with E-state index < -0.39 is 74.7 Å². The summed E-state index contributed by atoms with van der Waals surface area (Å²) < 4.78 is 49.1. The highest BCUT2D eigenvalue weighted by Crippen LogP contribution is 2.23. The van der Waals surface area contributed by atoms with Crippen molar-refractivity contribution >= 4 is 44.1 Å². The summed E-state index contributed by atoms with van der Waals surface area (Å²) in [5.41, 5.74) is -2.46. The van der Waals surface area contributed by atoms with Crippen LogP contribution in [0.1, 0.15) is 79.5 Å². The van der Waals surface area contributed by atoms with Crippen LogP contribution in [-0.2, 0) is 41.9 Å². The van der Waals surface area contributed by atoms with Gasteiger partial charge in [-0.1, -0.05) is 20.8 Å². The topological polar surface area (TPSA) is 226 Å². The Labute approximate surface area is 361 Å². The number of rotatable bonds is 26. The molecule has 0 radical (unpaired) electrons. The van der Waals surface area contributed by atoms with Gasteiger partial charge >= 0.3 is 26.7 Å². The molecule has 0 unspecified atom stereocenters. The van der Waals surface area contributed by atoms with E-state index in [0.717, 1.165) is 0 Å². The highest BCUT2D eigenvalue weighted by molar-refractivity contribution is 6.59. The van der Waals surface area contributed by atoms with E-state index in [9.17, 15) is 39.0 Å². The lowest BCUT2D eigenvalue weighted by atomic mass is 9.86. The first kappa shape index (κ1) is 50.9. The average molecular weight is 885 g/mol. The van der Waals surface area contributed by atoms with Gasteiger partial charge in [-0.05, 0) is 100 Å². The van der Waals surface area contributed by atoms with Gasteiger partial charge in [0, 0.05) is 28.7 Å². The van der Waals surface area contributed by atoms with Crippen molar-refractivity contribution in [2.45, 2.75) is 66.2 Å². The Morgan fingerprint density at radius 1 is 0.435 bits per heavy atom. The normalized spacial score (nSPS) is 11.9. The Kier molecular flexibility index (Phi) is 18.9. The summed E-state index contributed by atoms with van der Waals surface area (Å²) in [5, 5.41) is 19.9. The van der Waals surface area contributed by atoms with Crippen LogP contribution in [0, 0.1) is 5.41 Å². The first-order valence-electron chi connectivity index (χ1n) is 19.6. The number of ether oxygens (including phenoxy) is 6. The summed E-state index contributed by atoms with van der Waals surface area (Å²) in [6, 6.07) is 18.7. The first-order chi connectivity index (χ1) is 29.0. The van der Waals surface area contributed by atoms with Crippen molar-refractivity contribution in [1.82, 2.24) is 0 Å². The summed E-state index contributed by atoms with van der Waals surface area (Å²) in [5.74, 6) is -2.17. The van der Waals surface area contributed by atoms with Gasteiger partial charge in [0.2, 0.25) is 0 Å². The summed E-state index contributed by atoms with van der Waals surface area (Å²) in [4.78, 5) is 74.6. The Bertz CT molecular complexity index is 1730. The lowest BCUT2D eigenvalue weighted by molar-refractivity contribution is -0.152. The van der Waals surface area contributed by atoms with Crippen molar-refractivity contribution in [2.75, 3.05) is 59.5 Å². The van der Waals surface area contributed by atoms with Gasteiger partial charge in [-0.25, -0.2) is 14.4 Å². The number of benzene rings is 3. The van der Waals surface area contributed by atoms with E-state index >= 15 is 0 Å². The third-order valence-electron chi connectivity index (χ3n) is 8.34. The molecule has 0 aliphatic heterocycles. The van der Waals surface area contributed by atoms with Gasteiger partial charge in [-0.2, -0.15) is 0 Å². The molecule has 0 aliphatic rings. The van der Waals surface area contributed by atoms with Gasteiger partial charge in [0.25, 0.3) is 0 Å². The fraction of sp³-hybridized carbons (Fsp3) is 0.455. The fourth-order valence-electron chi connectivity index (χ4n) is 5.01. The van der Waals surface area contributed by atoms with E-state index in [1.165, 1.54) is 82.8 Å². The first-order valence-corrected chi connectivity index (χ1v) is 21.9. The van der Waals surface area contributed by atoms with E-state index in [1.807, 2.05) is 20.8 Å². The molecule has 0 atom stereocenters. The van der Waals surface area contributed by atoms with E-state index in [2.05, 4.69) is 0 Å². The molecule has 0 spiro atoms. The number of hydrogen-bond donors (Lipinski definition) is 2. The Morgan fingerprint density at radius 3 is 0.935 bits per heavy atom. The molecule has 0 aliphatic carbocycles. The van der Waals surface area contributed by atoms with E-state index in [0.29, 0.717) is 33.9 Å². The van der Waals surface area contributed by atoms with Gasteiger partial charge in [-0.15, -0.1) is 0 Å². The molecule has 3 aromatic rings. The molecular weight excluding hydrogens is 829 g/mol. The molecular formula is C44H56O17Si. The predicted octanol–water partition coefficient (Wildman–Crippen LogP) is 4.61. The van der Waals surface area contributed by atoms with Gasteiger partial charge in [0.15, 0.2) is 17.3 Å². The molecule has 0 saturated carbocycles. The molecule has 62 heavy (non-hydrogen) atoms. The number of Topliss-reactive ketones (excluding diaryl/α,β-unsaturated/α-hetero) is 3. The van der Waals surface area contributed by atoms with Crippen molar-refractivity contribution in [3.8, 4) is 17.2 Å². The molecule has 0 amide bonds. The summed E-state index contributed by atoms with van der Waals surface area (Å²) in [6.07, 6.45) is 0. The van der Waals surface area contributed by atoms with E-state index in [1.54, 1.807) is 24.3 Å². The molecule has 338 valence electrons. The second-order valence-corrected chi connectivity index (χ2v) is 18.5. The SMILES string of the molecule is CC(C)(C)C(=O)c1ccc(OCCOC(=O)CO[Si](C)(OCC(=O)OCCOc2ccc(C(=O)C(C)(C)O)cc2)OCC(=O)OCCOc2ccc(C(=O)C(C)(C)O)cc2)cc1. The lowest BCUT2D eigenvalue weighted by Crippen LogP contribution is -2.46. The molecule has 0 aromatic heterocycles. The third-order valence-corrected chi connectivity index (χ3v) is 10.4. The summed E-state index contributed by atoms with van der Waals surface area (Å²) in [7, 11) is -3.94. The average Bonchev–Trinajstić information content (AvgIpc) is 3.22. The summed E-state index contributed by atoms with van der Waals surface area (Å²) >= 11 is 0. The highest BCUT2D eigenvalue weighted by atomic mass is 28.4. The van der Waals surface area contributed by atoms with Crippen molar-refractivity contribution in [1.29, 1.82) is 0 Å². The highest BCUT2D eigenvalue weighted by Gasteiger charge is 2.38. The molecule has 3 rings (SSSR count). The van der Waals surface area contributed by atoms with Crippen molar-refractivity contribution in [3.63, 3.8) is 0 Å². The Balaban J connectivity index is 1.48. The van der Waals surface area contributed by atoms with Crippen LogP contribution < -0.4 is 14.2 Å². The zero-order valence-corrected chi connectivity index (χ0v) is 37.3. The number of ketones is 3. The van der Waals surface area contributed by atoms with Crippen LogP contribution in [0.25, 0.3) is 0 Å². The largest absolute Gasteiger partial charge is 0.499 e. The number of carbonyl (C=O) groups is 6. The lowest BCUT2D eigenvalue weighted by Gasteiger charge is -2.25. The van der Waals surface area contributed by atoms with Crippen LogP contribution in [-0.4, -0.2) is 125 Å². The second kappa shape index (κ2) is 23.1. The maximum absolute atomic E-state index is 12.6. The minimum atomic E-state index is -3.94. The second-order valence-electron chi connectivity index (χ2n) is 15.9. The van der Waals surface area contributed by atoms with Crippen LogP contribution in [0.3, 0.4) is 0 Å². The zero-order valence-electron chi connectivity index (χ0n) is 36.3. The van der Waals surface area contributed by atoms with Crippen LogP contribution in [0.5, 0.6) is 17.2 Å². The van der Waals surface area contributed by atoms with Crippen LogP contribution in [0.2, 0.25) is 6.55 Å². The summed E-state index contributed by atoms with van der Waals surface area (Å²) in [6.45, 7) is 9.74. The quantitative estimate of drug-likeness (QED) is 0.0369. The number of aliphatic hydroxyl groups is 2. The maximum atomic E-state index is 12.6. The molecule has 2 N–H and O–H groups in total. The van der Waals surface area contributed by atoms with Gasteiger partial charge in [0.1, 0.15) is 87.9 Å². The fourth-order valence-corrected chi connectivity index (χ4v) is 6.40. The van der Waals surface area contributed by atoms with Crippen molar-refractivity contribution in [3.05, 3.63) is 89.5 Å². The molecule has 0 heterocycles. The van der Waals surface area contributed by atoms with E-state index in [4.69, 9.17) is 41.7 Å². The number of esters is 3. The molecule has 0 bridgehead atoms. The van der Waals surface area contributed by atoms with E-state index in [-0.39, 0.29) is 45.4 Å². The number of hydrogen-bond acceptors (Lipinski definition) is 17. The molecule has 17 nitrogen and oxygen atoms in total. The molecule has 18 heteroatoms. The van der Waals surface area contributed by atoms with Crippen LogP contribution >= 0.6 is 0 Å². The maximum Gasteiger partial charge on any atom is 0.499 e. The van der Waals surface area contributed by atoms with Crippen molar-refractivity contribution in [2.24, 2.45) is 5.41 Å². The van der Waals surface area contributed by atoms with Crippen molar-refractivity contribution < 1.29 is 80.7 Å². The van der Waals surface area contributed by atoms with Crippen LogP contribution in [0.15, 0.2) is 72.8 Å². The minimum Gasteiger partial charge on any atom is -0.490 e. The smallest absolute Gasteiger partial charge is 0.490 e. The monoisotopic (exact) mass is 884 g/mol. The molecule has 0 fully saturated rings. The third kappa shape index (κ3) is 17.8. The van der Waals surface area contributed by atoms with Gasteiger partial charge in [0.05, 0.1) is 0 Å².